The molecule has 0 aliphatic heterocycles. The van der Waals surface area contributed by atoms with Gasteiger partial charge in [0.25, 0.3) is 0 Å². The Labute approximate surface area is 189 Å². The smallest absolute Gasteiger partial charge is 0.227 e. The molecule has 2 aromatic heterocycles. The van der Waals surface area contributed by atoms with Crippen molar-refractivity contribution < 1.29 is 8.83 Å². The van der Waals surface area contributed by atoms with Crippen LogP contribution in [0.1, 0.15) is 43.4 Å². The summed E-state index contributed by atoms with van der Waals surface area (Å²) in [5.41, 5.74) is 7.27. The summed E-state index contributed by atoms with van der Waals surface area (Å²) in [5.74, 6) is 0.538. The van der Waals surface area contributed by atoms with Crippen LogP contribution in [0.5, 0.6) is 0 Å². The Balaban J connectivity index is 1.78. The lowest BCUT2D eigenvalue weighted by Gasteiger charge is -2.33. The maximum atomic E-state index is 6.47. The Morgan fingerprint density at radius 3 is 2.65 bits per heavy atom. The van der Waals surface area contributed by atoms with E-state index < -0.39 is 0 Å². The lowest BCUT2D eigenvalue weighted by molar-refractivity contribution is 0.433. The van der Waals surface area contributed by atoms with E-state index in [0.717, 1.165) is 56.8 Å². The van der Waals surface area contributed by atoms with Crippen LogP contribution in [0.25, 0.3) is 44.3 Å². The van der Waals surface area contributed by atoms with Gasteiger partial charge < -0.3 is 8.83 Å². The average molecular weight is 450 g/mol. The zero-order valence-corrected chi connectivity index (χ0v) is 19.1. The second-order valence-electron chi connectivity index (χ2n) is 9.20. The van der Waals surface area contributed by atoms with Gasteiger partial charge in [0.05, 0.1) is 21.7 Å². The van der Waals surface area contributed by atoms with E-state index in [1.807, 2.05) is 13.0 Å². The predicted molar refractivity (Wildman–Crippen MR) is 127 cm³/mol. The summed E-state index contributed by atoms with van der Waals surface area (Å²) < 4.78 is 12.5. The first-order chi connectivity index (χ1) is 14.8. The molecule has 0 saturated heterocycles. The van der Waals surface area contributed by atoms with Gasteiger partial charge in [-0.25, -0.2) is 4.98 Å². The van der Waals surface area contributed by atoms with E-state index in [4.69, 9.17) is 37.0 Å². The Morgan fingerprint density at radius 1 is 1.00 bits per heavy atom. The SMILES string of the molecule is Cc1coc2c3ccc4c(c3c3oc(-c5ccc(Cl)c(Cl)c5)nc3c12)CCCC4(C)C. The molecule has 0 fully saturated rings. The molecule has 0 N–H and O–H groups in total. The molecule has 5 aromatic rings. The molecule has 0 atom stereocenters. The first-order valence-electron chi connectivity index (χ1n) is 10.6. The minimum absolute atomic E-state index is 0.134. The Kier molecular flexibility index (Phi) is 4.03. The lowest BCUT2D eigenvalue weighted by Crippen LogP contribution is -2.23. The zero-order valence-electron chi connectivity index (χ0n) is 17.6. The molecule has 0 bridgehead atoms. The molecule has 5 heteroatoms. The zero-order chi connectivity index (χ0) is 21.5. The Hall–Kier alpha value is -2.49. The van der Waals surface area contributed by atoms with Crippen molar-refractivity contribution in [3.63, 3.8) is 0 Å². The third-order valence-corrected chi connectivity index (χ3v) is 7.49. The highest BCUT2D eigenvalue weighted by Crippen LogP contribution is 2.46. The second-order valence-corrected chi connectivity index (χ2v) is 10.0. The van der Waals surface area contributed by atoms with E-state index in [-0.39, 0.29) is 5.41 Å². The second kappa shape index (κ2) is 6.51. The number of furan rings is 1. The normalized spacial score (nSPS) is 15.8. The molecule has 0 saturated carbocycles. The quantitative estimate of drug-likeness (QED) is 0.257. The maximum absolute atomic E-state index is 6.47. The number of hydrogen-bond acceptors (Lipinski definition) is 3. The third kappa shape index (κ3) is 2.69. The first-order valence-corrected chi connectivity index (χ1v) is 11.3. The van der Waals surface area contributed by atoms with Gasteiger partial charge in [0.1, 0.15) is 11.1 Å². The number of hydrogen-bond donors (Lipinski definition) is 0. The van der Waals surface area contributed by atoms with Crippen molar-refractivity contribution in [2.24, 2.45) is 0 Å². The lowest BCUT2D eigenvalue weighted by atomic mass is 9.71. The highest BCUT2D eigenvalue weighted by atomic mass is 35.5. The fourth-order valence-electron chi connectivity index (χ4n) is 5.18. The van der Waals surface area contributed by atoms with Crippen LogP contribution in [0.15, 0.2) is 45.4 Å². The number of benzene rings is 3. The van der Waals surface area contributed by atoms with Crippen molar-refractivity contribution in [1.29, 1.82) is 0 Å². The van der Waals surface area contributed by atoms with E-state index in [9.17, 15) is 0 Å². The van der Waals surface area contributed by atoms with Gasteiger partial charge in [0.2, 0.25) is 5.89 Å². The summed E-state index contributed by atoms with van der Waals surface area (Å²) >= 11 is 12.4. The van der Waals surface area contributed by atoms with Crippen molar-refractivity contribution in [2.45, 2.75) is 45.4 Å². The van der Waals surface area contributed by atoms with E-state index >= 15 is 0 Å². The number of aryl methyl sites for hydroxylation is 2. The number of nitrogens with zero attached hydrogens (tertiary/aromatic N) is 1. The van der Waals surface area contributed by atoms with E-state index in [2.05, 4.69) is 26.0 Å². The summed E-state index contributed by atoms with van der Waals surface area (Å²) in [6.07, 6.45) is 5.17. The fourth-order valence-corrected chi connectivity index (χ4v) is 5.48. The number of halogens is 2. The molecule has 3 aromatic carbocycles. The largest absolute Gasteiger partial charge is 0.463 e. The van der Waals surface area contributed by atoms with Crippen LogP contribution in [0.4, 0.5) is 0 Å². The summed E-state index contributed by atoms with van der Waals surface area (Å²) in [4.78, 5) is 4.92. The molecule has 0 unspecified atom stereocenters. The van der Waals surface area contributed by atoms with Crippen LogP contribution in [-0.2, 0) is 11.8 Å². The van der Waals surface area contributed by atoms with Gasteiger partial charge >= 0.3 is 0 Å². The summed E-state index contributed by atoms with van der Waals surface area (Å²) in [6, 6.07) is 9.92. The molecule has 1 aliphatic carbocycles. The van der Waals surface area contributed by atoms with E-state index in [1.54, 1.807) is 18.4 Å². The topological polar surface area (TPSA) is 39.2 Å². The van der Waals surface area contributed by atoms with Crippen molar-refractivity contribution in [2.75, 3.05) is 0 Å². The van der Waals surface area contributed by atoms with Crippen molar-refractivity contribution in [3.05, 3.63) is 63.3 Å². The molecule has 0 amide bonds. The number of oxazole rings is 1. The fraction of sp³-hybridized carbons (Fsp3) is 0.269. The highest BCUT2D eigenvalue weighted by molar-refractivity contribution is 6.42. The Morgan fingerprint density at radius 2 is 1.84 bits per heavy atom. The van der Waals surface area contributed by atoms with Crippen LogP contribution < -0.4 is 0 Å². The molecular weight excluding hydrogens is 429 g/mol. The minimum Gasteiger partial charge on any atom is -0.463 e. The van der Waals surface area contributed by atoms with Crippen LogP contribution in [0.3, 0.4) is 0 Å². The monoisotopic (exact) mass is 449 g/mol. The number of rotatable bonds is 1. The summed E-state index contributed by atoms with van der Waals surface area (Å²) in [7, 11) is 0. The van der Waals surface area contributed by atoms with Crippen LogP contribution >= 0.6 is 23.2 Å². The van der Waals surface area contributed by atoms with Gasteiger partial charge in [-0.2, -0.15) is 0 Å². The van der Waals surface area contributed by atoms with E-state index in [0.29, 0.717) is 15.9 Å². The van der Waals surface area contributed by atoms with Gasteiger partial charge in [-0.15, -0.1) is 0 Å². The molecule has 0 spiro atoms. The molecule has 1 aliphatic rings. The minimum atomic E-state index is 0.134. The van der Waals surface area contributed by atoms with Gasteiger partial charge in [0, 0.05) is 16.3 Å². The maximum Gasteiger partial charge on any atom is 0.227 e. The number of fused-ring (bicyclic) bond motifs is 8. The van der Waals surface area contributed by atoms with Crippen molar-refractivity contribution in [1.82, 2.24) is 4.98 Å². The highest BCUT2D eigenvalue weighted by Gasteiger charge is 2.31. The van der Waals surface area contributed by atoms with Gasteiger partial charge in [-0.3, -0.25) is 0 Å². The van der Waals surface area contributed by atoms with Gasteiger partial charge in [0.15, 0.2) is 5.58 Å². The van der Waals surface area contributed by atoms with Crippen molar-refractivity contribution >= 4 is 56.0 Å². The Bertz CT molecular complexity index is 1520. The molecule has 31 heavy (non-hydrogen) atoms. The molecule has 156 valence electrons. The van der Waals surface area contributed by atoms with Crippen LogP contribution in [-0.4, -0.2) is 4.98 Å². The van der Waals surface area contributed by atoms with Gasteiger partial charge in [-0.05, 0) is 66.5 Å². The van der Waals surface area contributed by atoms with E-state index in [1.165, 1.54) is 17.5 Å². The molecular formula is C26H21Cl2NO2. The molecule has 0 radical (unpaired) electrons. The number of aromatic nitrogens is 1. The van der Waals surface area contributed by atoms with Crippen molar-refractivity contribution in [3.8, 4) is 11.5 Å². The average Bonchev–Trinajstić information content (AvgIpc) is 3.33. The van der Waals surface area contributed by atoms with Crippen LogP contribution in [0.2, 0.25) is 10.0 Å². The third-order valence-electron chi connectivity index (χ3n) is 6.75. The molecule has 2 heterocycles. The van der Waals surface area contributed by atoms with Crippen LogP contribution in [0, 0.1) is 6.92 Å². The summed E-state index contributed by atoms with van der Waals surface area (Å²) in [6.45, 7) is 6.70. The molecule has 3 nitrogen and oxygen atoms in total. The summed E-state index contributed by atoms with van der Waals surface area (Å²) in [5, 5.41) is 4.21. The first kappa shape index (κ1) is 19.2. The predicted octanol–water partition coefficient (Wildman–Crippen LogP) is 8.62. The standard InChI is InChI=1S/C26H21Cl2NO2/c1-13-12-30-23-16-7-8-17-15(5-4-10-26(17,2)3)21(16)24-22(20(13)23)29-25(31-24)14-6-9-18(27)19(28)11-14/h6-9,11-12H,4-5,10H2,1-3H3. The van der Waals surface area contributed by atoms with Gasteiger partial charge in [-0.1, -0.05) is 49.2 Å². The molecule has 6 rings (SSSR count).